The SMILES string of the molecule is [Li][CH2]CCNC(C)Cc1ccccc1. The molecule has 2 heteroatoms. The molecule has 72 valence electrons. The van der Waals surface area contributed by atoms with Gasteiger partial charge in [-0.05, 0) is 0 Å². The van der Waals surface area contributed by atoms with E-state index in [-0.39, 0.29) is 0 Å². The summed E-state index contributed by atoms with van der Waals surface area (Å²) in [6.45, 7) is 3.40. The Morgan fingerprint density at radius 1 is 1.29 bits per heavy atom. The number of rotatable bonds is 6. The molecule has 1 atom stereocenters. The predicted octanol–water partition coefficient (Wildman–Crippen LogP) is 2.18. The van der Waals surface area contributed by atoms with Gasteiger partial charge >= 0.3 is 96.4 Å². The monoisotopic (exact) mass is 183 g/mol. The van der Waals surface area contributed by atoms with Crippen molar-refractivity contribution in [2.45, 2.75) is 30.9 Å². The van der Waals surface area contributed by atoms with Crippen LogP contribution in [0.15, 0.2) is 30.3 Å². The molecular weight excluding hydrogens is 165 g/mol. The first-order valence-electron chi connectivity index (χ1n) is 5.60. The Morgan fingerprint density at radius 3 is 2.64 bits per heavy atom. The van der Waals surface area contributed by atoms with Crippen molar-refractivity contribution in [3.63, 3.8) is 0 Å². The van der Waals surface area contributed by atoms with Crippen molar-refractivity contribution < 1.29 is 0 Å². The van der Waals surface area contributed by atoms with Gasteiger partial charge in [-0.2, -0.15) is 0 Å². The number of hydrogen-bond acceptors (Lipinski definition) is 1. The summed E-state index contributed by atoms with van der Waals surface area (Å²) in [7, 11) is 0. The Bertz CT molecular complexity index is 235. The normalized spacial score (nSPS) is 12.8. The molecule has 0 spiro atoms. The maximum atomic E-state index is 3.53. The van der Waals surface area contributed by atoms with Crippen LogP contribution < -0.4 is 5.32 Å². The van der Waals surface area contributed by atoms with Crippen molar-refractivity contribution in [3.05, 3.63) is 35.9 Å². The molecule has 1 aromatic carbocycles. The zero-order chi connectivity index (χ0) is 10.2. The fourth-order valence-corrected chi connectivity index (χ4v) is 1.57. The third kappa shape index (κ3) is 4.86. The van der Waals surface area contributed by atoms with Gasteiger partial charge in [0.25, 0.3) is 0 Å². The standard InChI is InChI=1S/C12H18N.Li/c1-3-9-13-11(2)10-12-7-5-4-6-8-12;/h4-8,11,13H,1,3,9-10H2,2H3;. The Balaban J connectivity index is 2.23. The van der Waals surface area contributed by atoms with Crippen LogP contribution in [-0.2, 0) is 6.42 Å². The van der Waals surface area contributed by atoms with Gasteiger partial charge in [-0.1, -0.05) is 0 Å². The molecule has 0 aromatic heterocycles. The summed E-state index contributed by atoms with van der Waals surface area (Å²) in [5, 5.41) is 4.80. The maximum absolute atomic E-state index is 3.53. The molecule has 1 nitrogen and oxygen atoms in total. The molecule has 0 radical (unpaired) electrons. The molecule has 0 heterocycles. The first kappa shape index (κ1) is 11.8. The quantitative estimate of drug-likeness (QED) is 0.526. The van der Waals surface area contributed by atoms with E-state index in [1.165, 1.54) is 17.1 Å². The number of nitrogens with one attached hydrogen (secondary N) is 1. The summed E-state index contributed by atoms with van der Waals surface area (Å²) >= 11 is 2.23. The van der Waals surface area contributed by atoms with Gasteiger partial charge in [0.2, 0.25) is 0 Å². The van der Waals surface area contributed by atoms with Gasteiger partial charge in [0.1, 0.15) is 0 Å². The van der Waals surface area contributed by atoms with Gasteiger partial charge in [0.05, 0.1) is 0 Å². The van der Waals surface area contributed by atoms with Crippen LogP contribution in [0.3, 0.4) is 0 Å². The molecule has 0 saturated heterocycles. The van der Waals surface area contributed by atoms with E-state index in [4.69, 9.17) is 0 Å². The zero-order valence-corrected chi connectivity index (χ0v) is 9.29. The average molecular weight is 183 g/mol. The summed E-state index contributed by atoms with van der Waals surface area (Å²) in [4.78, 5) is 0. The predicted molar refractivity (Wildman–Crippen MR) is 62.8 cm³/mol. The molecule has 14 heavy (non-hydrogen) atoms. The van der Waals surface area contributed by atoms with E-state index in [0.717, 1.165) is 13.0 Å². The summed E-state index contributed by atoms with van der Waals surface area (Å²) in [6.07, 6.45) is 2.41. The average Bonchev–Trinajstić information content (AvgIpc) is 2.20. The van der Waals surface area contributed by atoms with Crippen LogP contribution in [-0.4, -0.2) is 30.3 Å². The van der Waals surface area contributed by atoms with Crippen LogP contribution in [0.1, 0.15) is 18.9 Å². The Hall–Kier alpha value is -0.223. The molecule has 1 unspecified atom stereocenters. The molecule has 0 bridgehead atoms. The van der Waals surface area contributed by atoms with Crippen LogP contribution in [0.4, 0.5) is 0 Å². The van der Waals surface area contributed by atoms with Gasteiger partial charge in [-0.15, -0.1) is 0 Å². The Labute approximate surface area is 96.5 Å². The van der Waals surface area contributed by atoms with Gasteiger partial charge in [0.15, 0.2) is 0 Å². The van der Waals surface area contributed by atoms with Crippen LogP contribution in [0.25, 0.3) is 0 Å². The van der Waals surface area contributed by atoms with Gasteiger partial charge in [0, 0.05) is 0 Å². The molecule has 0 amide bonds. The summed E-state index contributed by atoms with van der Waals surface area (Å²) in [6, 6.07) is 11.3. The van der Waals surface area contributed by atoms with Crippen molar-refractivity contribution in [1.82, 2.24) is 5.32 Å². The van der Waals surface area contributed by atoms with Crippen molar-refractivity contribution in [3.8, 4) is 0 Å². The van der Waals surface area contributed by atoms with E-state index in [9.17, 15) is 0 Å². The van der Waals surface area contributed by atoms with E-state index in [0.29, 0.717) is 6.04 Å². The molecule has 0 saturated carbocycles. The van der Waals surface area contributed by atoms with E-state index in [2.05, 4.69) is 60.3 Å². The van der Waals surface area contributed by atoms with Gasteiger partial charge < -0.3 is 0 Å². The second kappa shape index (κ2) is 7.12. The molecule has 0 aliphatic rings. The van der Waals surface area contributed by atoms with Gasteiger partial charge in [-0.3, -0.25) is 0 Å². The van der Waals surface area contributed by atoms with Gasteiger partial charge in [-0.25, -0.2) is 0 Å². The van der Waals surface area contributed by atoms with E-state index >= 15 is 0 Å². The first-order chi connectivity index (χ1) is 6.83. The molecule has 0 fully saturated rings. The minimum atomic E-state index is 0.587. The molecule has 1 rings (SSSR count). The van der Waals surface area contributed by atoms with Crippen LogP contribution in [0, 0.1) is 0 Å². The summed E-state index contributed by atoms with van der Waals surface area (Å²) < 4.78 is 0. The van der Waals surface area contributed by atoms with Crippen molar-refractivity contribution in [2.75, 3.05) is 6.54 Å². The molecule has 0 aliphatic carbocycles. The third-order valence-corrected chi connectivity index (χ3v) is 2.41. The van der Waals surface area contributed by atoms with Crippen LogP contribution in [0.5, 0.6) is 0 Å². The van der Waals surface area contributed by atoms with E-state index < -0.39 is 0 Å². The second-order valence-electron chi connectivity index (χ2n) is 3.90. The number of benzene rings is 1. The van der Waals surface area contributed by atoms with E-state index in [1.807, 2.05) is 0 Å². The second-order valence-corrected chi connectivity index (χ2v) is 3.90. The van der Waals surface area contributed by atoms with Crippen molar-refractivity contribution in [1.29, 1.82) is 0 Å². The fourth-order valence-electron chi connectivity index (χ4n) is 1.57. The Morgan fingerprint density at radius 2 is 2.00 bits per heavy atom. The fraction of sp³-hybridized carbons (Fsp3) is 0.500. The topological polar surface area (TPSA) is 12.0 Å². The zero-order valence-electron chi connectivity index (χ0n) is 9.29. The number of hydrogen-bond donors (Lipinski definition) is 1. The molecular formula is C12H18LiN. The third-order valence-electron chi connectivity index (χ3n) is 2.41. The van der Waals surface area contributed by atoms with Crippen molar-refractivity contribution in [2.24, 2.45) is 0 Å². The molecule has 0 aliphatic heterocycles. The van der Waals surface area contributed by atoms with Crippen LogP contribution >= 0.6 is 0 Å². The molecule has 1 N–H and O–H groups in total. The van der Waals surface area contributed by atoms with Crippen LogP contribution in [0.2, 0.25) is 5.09 Å². The summed E-state index contributed by atoms with van der Waals surface area (Å²) in [5.74, 6) is 0. The Kier molecular flexibility index (Phi) is 6.03. The van der Waals surface area contributed by atoms with Crippen molar-refractivity contribution >= 4 is 17.7 Å². The first-order valence-corrected chi connectivity index (χ1v) is 5.60. The minimum absolute atomic E-state index is 0.587. The summed E-state index contributed by atoms with van der Waals surface area (Å²) in [5.41, 5.74) is 1.42. The molecule has 1 aromatic rings. The van der Waals surface area contributed by atoms with E-state index in [1.54, 1.807) is 0 Å².